The molecule has 6 heteroatoms. The number of hydrogen-bond acceptors (Lipinski definition) is 4. The second kappa shape index (κ2) is 4.13. The molecular weight excluding hydrogens is 231 g/mol. The van der Waals surface area contributed by atoms with Gasteiger partial charge in [-0.25, -0.2) is 4.39 Å². The Morgan fingerprint density at radius 2 is 2.19 bits per heavy atom. The number of nitrogens with zero attached hydrogens (tertiary/aromatic N) is 1. The first kappa shape index (κ1) is 10.9. The van der Waals surface area contributed by atoms with Gasteiger partial charge in [0.15, 0.2) is 5.82 Å². The number of nitrogens with two attached hydrogens (primary N) is 1. The van der Waals surface area contributed by atoms with Crippen LogP contribution in [0.5, 0.6) is 0 Å². The Morgan fingerprint density at radius 1 is 1.44 bits per heavy atom. The summed E-state index contributed by atoms with van der Waals surface area (Å²) in [4.78, 5) is 23.6. The van der Waals surface area contributed by atoms with Crippen LogP contribution in [0.15, 0.2) is 18.2 Å². The van der Waals surface area contributed by atoms with Crippen LogP contribution in [-0.4, -0.2) is 21.8 Å². The molecule has 1 aromatic carbocycles. The number of nitrogen functional groups attached to an aromatic ring is 1. The van der Waals surface area contributed by atoms with Gasteiger partial charge in [-0.3, -0.25) is 14.5 Å². The smallest absolute Gasteiger partial charge is 0.289 e. The number of carbonyl (C=O) groups is 2. The molecule has 0 bridgehead atoms. The summed E-state index contributed by atoms with van der Waals surface area (Å²) in [5.74, 6) is -0.736. The van der Waals surface area contributed by atoms with Gasteiger partial charge in [-0.1, -0.05) is 23.9 Å². The van der Waals surface area contributed by atoms with E-state index in [-0.39, 0.29) is 34.7 Å². The molecule has 0 unspecified atom stereocenters. The third kappa shape index (κ3) is 1.88. The Labute approximate surface area is 95.6 Å². The molecule has 16 heavy (non-hydrogen) atoms. The van der Waals surface area contributed by atoms with Gasteiger partial charge >= 0.3 is 0 Å². The Bertz CT molecular complexity index is 448. The molecule has 0 saturated carbocycles. The van der Waals surface area contributed by atoms with Crippen molar-refractivity contribution in [3.05, 3.63) is 29.6 Å². The van der Waals surface area contributed by atoms with Crippen molar-refractivity contribution in [3.8, 4) is 0 Å². The second-order valence-electron chi connectivity index (χ2n) is 3.35. The Kier molecular flexibility index (Phi) is 2.82. The van der Waals surface area contributed by atoms with Crippen LogP contribution in [0.3, 0.4) is 0 Å². The van der Waals surface area contributed by atoms with Crippen molar-refractivity contribution in [1.29, 1.82) is 0 Å². The highest BCUT2D eigenvalue weighted by Crippen LogP contribution is 2.23. The van der Waals surface area contributed by atoms with Gasteiger partial charge in [0.05, 0.1) is 18.0 Å². The topological polar surface area (TPSA) is 63.4 Å². The van der Waals surface area contributed by atoms with Crippen molar-refractivity contribution in [2.45, 2.75) is 6.54 Å². The van der Waals surface area contributed by atoms with Crippen molar-refractivity contribution in [1.82, 2.24) is 4.90 Å². The van der Waals surface area contributed by atoms with E-state index in [2.05, 4.69) is 0 Å². The normalized spacial score (nSPS) is 15.9. The zero-order valence-corrected chi connectivity index (χ0v) is 9.09. The number of halogens is 1. The largest absolute Gasteiger partial charge is 0.396 e. The highest BCUT2D eigenvalue weighted by molar-refractivity contribution is 8.14. The quantitative estimate of drug-likeness (QED) is 0.797. The maximum absolute atomic E-state index is 13.5. The molecule has 2 N–H and O–H groups in total. The lowest BCUT2D eigenvalue weighted by Crippen LogP contribution is -2.28. The molecule has 0 atom stereocenters. The fraction of sp³-hybridized carbons (Fsp3) is 0.200. The Hall–Kier alpha value is -1.56. The summed E-state index contributed by atoms with van der Waals surface area (Å²) in [5, 5.41) is -0.341. The van der Waals surface area contributed by atoms with Crippen molar-refractivity contribution in [3.63, 3.8) is 0 Å². The second-order valence-corrected chi connectivity index (χ2v) is 4.28. The van der Waals surface area contributed by atoms with Crippen molar-refractivity contribution < 1.29 is 14.0 Å². The van der Waals surface area contributed by atoms with Crippen LogP contribution < -0.4 is 5.73 Å². The predicted molar refractivity (Wildman–Crippen MR) is 59.2 cm³/mol. The standard InChI is InChI=1S/C10H9FN2O2S/c11-9-6(2-1-3-7(9)12)4-13-8(14)5-16-10(13)15/h1-3H,4-5,12H2. The first-order valence-corrected chi connectivity index (χ1v) is 5.58. The number of carbonyl (C=O) groups excluding carboxylic acids is 2. The zero-order chi connectivity index (χ0) is 11.7. The van der Waals surface area contributed by atoms with E-state index in [0.29, 0.717) is 0 Å². The number of amides is 2. The monoisotopic (exact) mass is 240 g/mol. The first-order chi connectivity index (χ1) is 7.59. The summed E-state index contributed by atoms with van der Waals surface area (Å²) < 4.78 is 13.5. The highest BCUT2D eigenvalue weighted by Gasteiger charge is 2.30. The zero-order valence-electron chi connectivity index (χ0n) is 8.27. The molecule has 0 aliphatic carbocycles. The minimum absolute atomic E-state index is 0.0178. The van der Waals surface area contributed by atoms with Crippen LogP contribution in [0.4, 0.5) is 14.9 Å². The van der Waals surface area contributed by atoms with Crippen molar-refractivity contribution in [2.24, 2.45) is 0 Å². The lowest BCUT2D eigenvalue weighted by molar-refractivity contribution is -0.125. The Balaban J connectivity index is 2.24. The minimum atomic E-state index is -0.569. The molecule has 4 nitrogen and oxygen atoms in total. The average Bonchev–Trinajstić information content (AvgIpc) is 2.56. The molecule has 84 valence electrons. The molecule has 1 aliphatic heterocycles. The molecule has 1 fully saturated rings. The van der Waals surface area contributed by atoms with Crippen LogP contribution in [0, 0.1) is 5.82 Å². The number of imide groups is 1. The predicted octanol–water partition coefficient (Wildman–Crippen LogP) is 1.60. The van der Waals surface area contributed by atoms with Gasteiger partial charge in [0, 0.05) is 5.56 Å². The van der Waals surface area contributed by atoms with Gasteiger partial charge < -0.3 is 5.73 Å². The van der Waals surface area contributed by atoms with Crippen molar-refractivity contribution >= 4 is 28.6 Å². The number of thioether (sulfide) groups is 1. The molecule has 0 radical (unpaired) electrons. The maximum atomic E-state index is 13.5. The molecular formula is C10H9FN2O2S. The van der Waals surface area contributed by atoms with Gasteiger partial charge in [0.2, 0.25) is 5.91 Å². The van der Waals surface area contributed by atoms with Gasteiger partial charge in [-0.15, -0.1) is 0 Å². The molecule has 1 saturated heterocycles. The first-order valence-electron chi connectivity index (χ1n) is 4.59. The molecule has 1 aliphatic rings. The van der Waals surface area contributed by atoms with Gasteiger partial charge in [-0.2, -0.15) is 0 Å². The molecule has 0 spiro atoms. The lowest BCUT2D eigenvalue weighted by Gasteiger charge is -2.13. The summed E-state index contributed by atoms with van der Waals surface area (Å²) in [5.41, 5.74) is 5.67. The molecule has 2 rings (SSSR count). The highest BCUT2D eigenvalue weighted by atomic mass is 32.2. The SMILES string of the molecule is Nc1cccc(CN2C(=O)CSC2=O)c1F. The van der Waals surface area contributed by atoms with E-state index in [1.807, 2.05) is 0 Å². The molecule has 2 amide bonds. The van der Waals surface area contributed by atoms with Crippen LogP contribution in [0.25, 0.3) is 0 Å². The molecule has 1 aromatic rings. The maximum Gasteiger partial charge on any atom is 0.289 e. The number of hydrogen-bond donors (Lipinski definition) is 1. The number of anilines is 1. The van der Waals surface area contributed by atoms with E-state index in [9.17, 15) is 14.0 Å². The fourth-order valence-corrected chi connectivity index (χ4v) is 2.15. The Morgan fingerprint density at radius 3 is 2.81 bits per heavy atom. The average molecular weight is 240 g/mol. The van der Waals surface area contributed by atoms with E-state index < -0.39 is 5.82 Å². The van der Waals surface area contributed by atoms with E-state index in [0.717, 1.165) is 16.7 Å². The van der Waals surface area contributed by atoms with E-state index in [1.165, 1.54) is 12.1 Å². The summed E-state index contributed by atoms with van der Waals surface area (Å²) in [6, 6.07) is 4.53. The lowest BCUT2D eigenvalue weighted by atomic mass is 10.2. The van der Waals surface area contributed by atoms with Crippen LogP contribution in [-0.2, 0) is 11.3 Å². The summed E-state index contributed by atoms with van der Waals surface area (Å²) in [7, 11) is 0. The van der Waals surface area contributed by atoms with Gasteiger partial charge in [0.1, 0.15) is 0 Å². The fourth-order valence-electron chi connectivity index (χ4n) is 1.43. The number of benzene rings is 1. The third-order valence-corrected chi connectivity index (χ3v) is 3.14. The van der Waals surface area contributed by atoms with E-state index >= 15 is 0 Å². The van der Waals surface area contributed by atoms with Crippen LogP contribution in [0.1, 0.15) is 5.56 Å². The van der Waals surface area contributed by atoms with E-state index in [4.69, 9.17) is 5.73 Å². The van der Waals surface area contributed by atoms with Gasteiger partial charge in [0.25, 0.3) is 5.24 Å². The minimum Gasteiger partial charge on any atom is -0.396 e. The van der Waals surface area contributed by atoms with E-state index in [1.54, 1.807) is 6.07 Å². The summed E-state index contributed by atoms with van der Waals surface area (Å²) in [6.07, 6.45) is 0. The summed E-state index contributed by atoms with van der Waals surface area (Å²) in [6.45, 7) is -0.0540. The van der Waals surface area contributed by atoms with Crippen molar-refractivity contribution in [2.75, 3.05) is 11.5 Å². The van der Waals surface area contributed by atoms with Crippen LogP contribution in [0.2, 0.25) is 0 Å². The van der Waals surface area contributed by atoms with Gasteiger partial charge in [-0.05, 0) is 6.07 Å². The summed E-state index contributed by atoms with van der Waals surface area (Å²) >= 11 is 0.927. The number of rotatable bonds is 2. The third-order valence-electron chi connectivity index (χ3n) is 2.28. The van der Waals surface area contributed by atoms with Crippen LogP contribution >= 0.6 is 11.8 Å². The molecule has 1 heterocycles. The molecule has 0 aromatic heterocycles.